The van der Waals surface area contributed by atoms with E-state index < -0.39 is 41.8 Å². The van der Waals surface area contributed by atoms with Crippen LogP contribution in [0.1, 0.15) is 56.3 Å². The number of hydrogen-bond acceptors (Lipinski definition) is 5. The second-order valence-corrected chi connectivity index (χ2v) is 7.61. The number of nitrogens with one attached hydrogen (secondary N) is 2. The molecule has 29 heavy (non-hydrogen) atoms. The van der Waals surface area contributed by atoms with Crippen LogP contribution in [-0.2, 0) is 14.3 Å². The highest BCUT2D eigenvalue weighted by Crippen LogP contribution is 2.27. The predicted octanol–water partition coefficient (Wildman–Crippen LogP) is 2.47. The Morgan fingerprint density at radius 2 is 1.79 bits per heavy atom. The molecule has 1 aliphatic rings. The number of rotatable bonds is 7. The third kappa shape index (κ3) is 6.28. The fourth-order valence-corrected chi connectivity index (χ4v) is 3.27. The van der Waals surface area contributed by atoms with Crippen molar-refractivity contribution in [3.05, 3.63) is 35.6 Å². The van der Waals surface area contributed by atoms with Gasteiger partial charge in [0.1, 0.15) is 17.4 Å². The Morgan fingerprint density at radius 1 is 1.17 bits per heavy atom. The summed E-state index contributed by atoms with van der Waals surface area (Å²) in [6.07, 6.45) is 3.89. The Bertz CT molecular complexity index is 780. The van der Waals surface area contributed by atoms with Crippen LogP contribution in [0.3, 0.4) is 0 Å². The van der Waals surface area contributed by atoms with Crippen LogP contribution in [0.4, 0.5) is 4.39 Å². The number of benzene rings is 1. The van der Waals surface area contributed by atoms with E-state index in [2.05, 4.69) is 16.7 Å². The van der Waals surface area contributed by atoms with Gasteiger partial charge in [0.05, 0.1) is 6.07 Å². The molecule has 156 valence electrons. The van der Waals surface area contributed by atoms with E-state index in [4.69, 9.17) is 4.74 Å². The lowest BCUT2D eigenvalue weighted by Crippen LogP contribution is -2.51. The molecule has 0 aliphatic heterocycles. The minimum absolute atomic E-state index is 0.204. The highest BCUT2D eigenvalue weighted by atomic mass is 19.1. The summed E-state index contributed by atoms with van der Waals surface area (Å²) in [5.41, 5.74) is -0.702. The van der Waals surface area contributed by atoms with Gasteiger partial charge in [0, 0.05) is 5.56 Å². The smallest absolute Gasteiger partial charge is 0.329 e. The van der Waals surface area contributed by atoms with Gasteiger partial charge in [-0.15, -0.1) is 0 Å². The van der Waals surface area contributed by atoms with Crippen molar-refractivity contribution < 1.29 is 23.5 Å². The molecule has 0 radical (unpaired) electrons. The molecule has 0 unspecified atom stereocenters. The van der Waals surface area contributed by atoms with Crippen LogP contribution < -0.4 is 10.6 Å². The largest absolute Gasteiger partial charge is 0.454 e. The summed E-state index contributed by atoms with van der Waals surface area (Å²) in [4.78, 5) is 36.9. The van der Waals surface area contributed by atoms with Crippen molar-refractivity contribution >= 4 is 17.8 Å². The van der Waals surface area contributed by atoms with Gasteiger partial charge in [-0.1, -0.05) is 33.1 Å². The molecule has 0 heterocycles. The molecule has 0 aromatic heterocycles. The topological polar surface area (TPSA) is 108 Å². The maximum absolute atomic E-state index is 13.0. The van der Waals surface area contributed by atoms with Gasteiger partial charge < -0.3 is 15.4 Å². The molecule has 0 bridgehead atoms. The zero-order chi connectivity index (χ0) is 21.4. The molecule has 7 nitrogen and oxygen atoms in total. The number of nitrogens with zero attached hydrogens (tertiary/aromatic N) is 1. The maximum atomic E-state index is 13.0. The van der Waals surface area contributed by atoms with Gasteiger partial charge in [0.25, 0.3) is 11.8 Å². The van der Waals surface area contributed by atoms with Crippen LogP contribution in [0, 0.1) is 23.1 Å². The predicted molar refractivity (Wildman–Crippen MR) is 103 cm³/mol. The molecule has 1 atom stereocenters. The van der Waals surface area contributed by atoms with Crippen LogP contribution in [0.15, 0.2) is 24.3 Å². The number of carbonyl (C=O) groups excluding carboxylic acids is 3. The summed E-state index contributed by atoms with van der Waals surface area (Å²) in [5.74, 6) is -2.61. The molecule has 2 amide bonds. The zero-order valence-electron chi connectivity index (χ0n) is 16.7. The lowest BCUT2D eigenvalue weighted by Gasteiger charge is -2.31. The van der Waals surface area contributed by atoms with Crippen LogP contribution in [-0.4, -0.2) is 36.0 Å². The number of nitriles is 1. The Labute approximate surface area is 169 Å². The third-order valence-corrected chi connectivity index (χ3v) is 4.96. The Balaban J connectivity index is 1.91. The lowest BCUT2D eigenvalue weighted by atomic mass is 9.83. The zero-order valence-corrected chi connectivity index (χ0v) is 16.7. The van der Waals surface area contributed by atoms with Crippen molar-refractivity contribution in [3.63, 3.8) is 0 Å². The summed E-state index contributed by atoms with van der Waals surface area (Å²) in [6, 6.07) is 6.12. The normalized spacial score (nSPS) is 16.4. The second kappa shape index (κ2) is 10.0. The minimum Gasteiger partial charge on any atom is -0.454 e. The van der Waals surface area contributed by atoms with Crippen LogP contribution >= 0.6 is 0 Å². The Morgan fingerprint density at radius 3 is 2.34 bits per heavy atom. The lowest BCUT2D eigenvalue weighted by molar-refractivity contribution is -0.151. The molecular formula is C21H26FN3O4. The summed E-state index contributed by atoms with van der Waals surface area (Å²) in [5, 5.41) is 14.6. The van der Waals surface area contributed by atoms with Gasteiger partial charge in [0.15, 0.2) is 6.61 Å². The van der Waals surface area contributed by atoms with Crippen LogP contribution in [0.2, 0.25) is 0 Å². The molecule has 1 fully saturated rings. The van der Waals surface area contributed by atoms with Crippen molar-refractivity contribution in [2.45, 2.75) is 57.5 Å². The van der Waals surface area contributed by atoms with Crippen molar-refractivity contribution in [1.82, 2.24) is 10.6 Å². The van der Waals surface area contributed by atoms with Crippen molar-refractivity contribution in [1.29, 1.82) is 5.26 Å². The monoisotopic (exact) mass is 403 g/mol. The number of hydrogen-bond donors (Lipinski definition) is 2. The molecule has 1 aromatic rings. The average Bonchev–Trinajstić information content (AvgIpc) is 2.71. The Kier molecular flexibility index (Phi) is 7.71. The number of amides is 2. The van der Waals surface area contributed by atoms with Gasteiger partial charge in [-0.3, -0.25) is 9.59 Å². The third-order valence-electron chi connectivity index (χ3n) is 4.96. The average molecular weight is 403 g/mol. The van der Waals surface area contributed by atoms with Crippen LogP contribution in [0.5, 0.6) is 0 Å². The highest BCUT2D eigenvalue weighted by Gasteiger charge is 2.34. The fourth-order valence-electron chi connectivity index (χ4n) is 3.27. The van der Waals surface area contributed by atoms with E-state index in [9.17, 15) is 24.0 Å². The molecule has 1 aromatic carbocycles. The SMILES string of the molecule is CC(C)[C@H](NC(=O)c1ccc(F)cc1)C(=O)OCC(=O)NC1(C#N)CCCCC1. The van der Waals surface area contributed by atoms with E-state index in [0.717, 1.165) is 31.4 Å². The van der Waals surface area contributed by atoms with E-state index in [1.54, 1.807) is 13.8 Å². The molecule has 2 rings (SSSR count). The maximum Gasteiger partial charge on any atom is 0.329 e. The van der Waals surface area contributed by atoms with Crippen molar-refractivity contribution in [2.75, 3.05) is 6.61 Å². The first kappa shape index (κ1) is 22.3. The molecule has 0 spiro atoms. The van der Waals surface area contributed by atoms with E-state index in [-0.39, 0.29) is 11.5 Å². The van der Waals surface area contributed by atoms with E-state index in [1.165, 1.54) is 12.1 Å². The van der Waals surface area contributed by atoms with Crippen molar-refractivity contribution in [2.24, 2.45) is 5.92 Å². The fraction of sp³-hybridized carbons (Fsp3) is 0.524. The van der Waals surface area contributed by atoms with E-state index in [0.29, 0.717) is 12.8 Å². The number of halogens is 1. The van der Waals surface area contributed by atoms with Gasteiger partial charge in [0.2, 0.25) is 0 Å². The Hall–Kier alpha value is -2.95. The van der Waals surface area contributed by atoms with E-state index >= 15 is 0 Å². The van der Waals surface area contributed by atoms with Crippen LogP contribution in [0.25, 0.3) is 0 Å². The summed E-state index contributed by atoms with van der Waals surface area (Å²) in [6.45, 7) is 2.92. The molecule has 8 heteroatoms. The highest BCUT2D eigenvalue weighted by molar-refractivity contribution is 5.97. The van der Waals surface area contributed by atoms with E-state index in [1.807, 2.05) is 0 Å². The number of ether oxygens (including phenoxy) is 1. The standard InChI is InChI=1S/C21H26FN3O4/c1-14(2)18(24-19(27)15-6-8-16(22)9-7-15)20(28)29-12-17(26)25-21(13-23)10-4-3-5-11-21/h6-9,14,18H,3-5,10-12H2,1-2H3,(H,24,27)(H,25,26)/t18-/m0/s1. The van der Waals surface area contributed by atoms with Gasteiger partial charge >= 0.3 is 5.97 Å². The second-order valence-electron chi connectivity index (χ2n) is 7.61. The molecule has 2 N–H and O–H groups in total. The first-order valence-electron chi connectivity index (χ1n) is 9.72. The van der Waals surface area contributed by atoms with Gasteiger partial charge in [-0.2, -0.15) is 5.26 Å². The summed E-state index contributed by atoms with van der Waals surface area (Å²) < 4.78 is 18.1. The minimum atomic E-state index is -0.972. The quantitative estimate of drug-likeness (QED) is 0.680. The summed E-state index contributed by atoms with van der Waals surface area (Å²) >= 11 is 0. The first-order chi connectivity index (χ1) is 13.8. The van der Waals surface area contributed by atoms with Gasteiger partial charge in [-0.05, 0) is 43.0 Å². The molecule has 1 saturated carbocycles. The molecule has 1 aliphatic carbocycles. The number of esters is 1. The molecule has 0 saturated heterocycles. The number of carbonyl (C=O) groups is 3. The first-order valence-corrected chi connectivity index (χ1v) is 9.72. The molecular weight excluding hydrogens is 377 g/mol. The van der Waals surface area contributed by atoms with Gasteiger partial charge in [-0.25, -0.2) is 9.18 Å². The summed E-state index contributed by atoms with van der Waals surface area (Å²) in [7, 11) is 0. The van der Waals surface area contributed by atoms with Crippen molar-refractivity contribution in [3.8, 4) is 6.07 Å².